The van der Waals surface area contributed by atoms with Crippen molar-refractivity contribution in [1.29, 1.82) is 0 Å². The highest BCUT2D eigenvalue weighted by Crippen LogP contribution is 2.23. The standard InChI is InChI=1S/C10H12ClNO3/c1-14-7-4-6(5-7)12-10(13)8-2-3-9(11)15-8/h2-3,6-7H,4-5H2,1H3,(H,12,13). The maximum absolute atomic E-state index is 11.6. The normalized spacial score (nSPS) is 24.7. The fraction of sp³-hybridized carbons (Fsp3) is 0.500. The number of methoxy groups -OCH3 is 1. The average molecular weight is 230 g/mol. The number of ether oxygens (including phenoxy) is 1. The molecule has 0 spiro atoms. The van der Waals surface area contributed by atoms with Crippen LogP contribution in [0.5, 0.6) is 0 Å². The maximum Gasteiger partial charge on any atom is 0.287 e. The third-order valence-corrected chi connectivity index (χ3v) is 2.76. The quantitative estimate of drug-likeness (QED) is 0.861. The van der Waals surface area contributed by atoms with E-state index >= 15 is 0 Å². The third-order valence-electron chi connectivity index (χ3n) is 2.56. The van der Waals surface area contributed by atoms with Crippen LogP contribution in [-0.4, -0.2) is 25.2 Å². The van der Waals surface area contributed by atoms with Crippen LogP contribution in [-0.2, 0) is 4.74 Å². The van der Waals surface area contributed by atoms with Crippen LogP contribution >= 0.6 is 11.6 Å². The van der Waals surface area contributed by atoms with Gasteiger partial charge in [-0.05, 0) is 36.6 Å². The van der Waals surface area contributed by atoms with Gasteiger partial charge in [-0.1, -0.05) is 0 Å². The van der Waals surface area contributed by atoms with Crippen molar-refractivity contribution in [3.05, 3.63) is 23.1 Å². The van der Waals surface area contributed by atoms with E-state index in [0.29, 0.717) is 0 Å². The molecule has 1 amide bonds. The lowest BCUT2D eigenvalue weighted by molar-refractivity contribution is 0.0172. The lowest BCUT2D eigenvalue weighted by Gasteiger charge is -2.34. The molecule has 0 aliphatic heterocycles. The summed E-state index contributed by atoms with van der Waals surface area (Å²) in [7, 11) is 1.68. The van der Waals surface area contributed by atoms with Crippen molar-refractivity contribution in [2.24, 2.45) is 0 Å². The van der Waals surface area contributed by atoms with Crippen molar-refractivity contribution in [2.45, 2.75) is 25.0 Å². The second-order valence-corrected chi connectivity index (χ2v) is 3.98. The Labute approximate surface area is 92.5 Å². The first-order valence-corrected chi connectivity index (χ1v) is 5.16. The van der Waals surface area contributed by atoms with Crippen molar-refractivity contribution in [3.63, 3.8) is 0 Å². The van der Waals surface area contributed by atoms with Crippen LogP contribution in [0.25, 0.3) is 0 Å². The number of hydrogen-bond acceptors (Lipinski definition) is 3. The van der Waals surface area contributed by atoms with E-state index in [-0.39, 0.29) is 29.0 Å². The van der Waals surface area contributed by atoms with E-state index in [4.69, 9.17) is 20.8 Å². The molecule has 4 nitrogen and oxygen atoms in total. The zero-order chi connectivity index (χ0) is 10.8. The highest BCUT2D eigenvalue weighted by molar-refractivity contribution is 6.29. The summed E-state index contributed by atoms with van der Waals surface area (Å²) in [4.78, 5) is 11.6. The van der Waals surface area contributed by atoms with Gasteiger partial charge in [0.2, 0.25) is 0 Å². The number of carbonyl (C=O) groups is 1. The zero-order valence-corrected chi connectivity index (χ0v) is 9.08. The minimum atomic E-state index is -0.221. The Morgan fingerprint density at radius 1 is 1.60 bits per heavy atom. The highest BCUT2D eigenvalue weighted by atomic mass is 35.5. The summed E-state index contributed by atoms with van der Waals surface area (Å²) in [5, 5.41) is 3.06. The Hall–Kier alpha value is -1.00. The van der Waals surface area contributed by atoms with Crippen LogP contribution in [0.15, 0.2) is 16.5 Å². The molecule has 0 aromatic carbocycles. The number of hydrogen-bond donors (Lipinski definition) is 1. The molecule has 82 valence electrons. The van der Waals surface area contributed by atoms with Gasteiger partial charge in [0.15, 0.2) is 11.0 Å². The Morgan fingerprint density at radius 2 is 2.33 bits per heavy atom. The van der Waals surface area contributed by atoms with Crippen LogP contribution in [0.4, 0.5) is 0 Å². The van der Waals surface area contributed by atoms with Crippen molar-refractivity contribution in [1.82, 2.24) is 5.32 Å². The summed E-state index contributed by atoms with van der Waals surface area (Å²) in [5.41, 5.74) is 0. The van der Waals surface area contributed by atoms with E-state index in [1.54, 1.807) is 19.2 Å². The van der Waals surface area contributed by atoms with Gasteiger partial charge in [-0.2, -0.15) is 0 Å². The van der Waals surface area contributed by atoms with E-state index in [1.807, 2.05) is 0 Å². The first-order chi connectivity index (χ1) is 7.19. The Bertz CT molecular complexity index is 357. The summed E-state index contributed by atoms with van der Waals surface area (Å²) in [6.07, 6.45) is 1.99. The summed E-state index contributed by atoms with van der Waals surface area (Å²) in [6, 6.07) is 3.30. The molecule has 1 aliphatic rings. The Kier molecular flexibility index (Phi) is 2.98. The van der Waals surface area contributed by atoms with Crippen LogP contribution in [0, 0.1) is 0 Å². The second kappa shape index (κ2) is 4.24. The number of nitrogens with one attached hydrogen (secondary N) is 1. The van der Waals surface area contributed by atoms with Gasteiger partial charge in [0.25, 0.3) is 5.91 Å². The molecule has 2 rings (SSSR count). The molecular weight excluding hydrogens is 218 g/mol. The molecule has 1 aromatic rings. The molecule has 0 unspecified atom stereocenters. The van der Waals surface area contributed by atoms with Crippen molar-refractivity contribution >= 4 is 17.5 Å². The molecule has 1 aliphatic carbocycles. The van der Waals surface area contributed by atoms with Gasteiger partial charge in [0, 0.05) is 13.2 Å². The molecule has 15 heavy (non-hydrogen) atoms. The van der Waals surface area contributed by atoms with Crippen LogP contribution < -0.4 is 5.32 Å². The molecule has 1 saturated carbocycles. The van der Waals surface area contributed by atoms with Crippen LogP contribution in [0.2, 0.25) is 5.22 Å². The summed E-state index contributed by atoms with van der Waals surface area (Å²) >= 11 is 5.57. The lowest BCUT2D eigenvalue weighted by Crippen LogP contribution is -2.47. The van der Waals surface area contributed by atoms with E-state index in [1.165, 1.54) is 0 Å². The molecule has 5 heteroatoms. The van der Waals surface area contributed by atoms with Gasteiger partial charge in [0.1, 0.15) is 0 Å². The van der Waals surface area contributed by atoms with Crippen molar-refractivity contribution in [2.75, 3.05) is 7.11 Å². The first kappa shape index (κ1) is 10.5. The maximum atomic E-state index is 11.6. The fourth-order valence-electron chi connectivity index (χ4n) is 1.57. The second-order valence-electron chi connectivity index (χ2n) is 3.60. The van der Waals surface area contributed by atoms with Gasteiger partial charge in [-0.25, -0.2) is 0 Å². The number of amides is 1. The smallest absolute Gasteiger partial charge is 0.287 e. The van der Waals surface area contributed by atoms with E-state index in [2.05, 4.69) is 5.32 Å². The molecule has 1 heterocycles. The van der Waals surface area contributed by atoms with E-state index in [0.717, 1.165) is 12.8 Å². The predicted octanol–water partition coefficient (Wildman–Crippen LogP) is 1.84. The van der Waals surface area contributed by atoms with Crippen LogP contribution in [0.3, 0.4) is 0 Å². The molecule has 0 saturated heterocycles. The van der Waals surface area contributed by atoms with E-state index < -0.39 is 0 Å². The number of carbonyl (C=O) groups excluding carboxylic acids is 1. The van der Waals surface area contributed by atoms with Crippen LogP contribution in [0.1, 0.15) is 23.4 Å². The molecule has 1 aromatic heterocycles. The average Bonchev–Trinajstić information content (AvgIpc) is 2.57. The topological polar surface area (TPSA) is 51.5 Å². The summed E-state index contributed by atoms with van der Waals surface area (Å²) in [6.45, 7) is 0. The van der Waals surface area contributed by atoms with Gasteiger partial charge < -0.3 is 14.5 Å². The lowest BCUT2D eigenvalue weighted by atomic mass is 9.89. The number of furan rings is 1. The van der Waals surface area contributed by atoms with Gasteiger partial charge in [-0.15, -0.1) is 0 Å². The molecule has 0 bridgehead atoms. The molecule has 0 radical (unpaired) electrons. The van der Waals surface area contributed by atoms with Crippen molar-refractivity contribution < 1.29 is 13.9 Å². The predicted molar refractivity (Wildman–Crippen MR) is 55.0 cm³/mol. The summed E-state index contributed by atoms with van der Waals surface area (Å²) in [5.74, 6) is 0.0299. The SMILES string of the molecule is COC1CC(NC(=O)c2ccc(Cl)o2)C1. The largest absolute Gasteiger partial charge is 0.440 e. The molecule has 0 atom stereocenters. The minimum absolute atomic E-state index is 0.186. The molecule has 1 N–H and O–H groups in total. The minimum Gasteiger partial charge on any atom is -0.440 e. The Morgan fingerprint density at radius 3 is 2.87 bits per heavy atom. The zero-order valence-electron chi connectivity index (χ0n) is 8.33. The number of rotatable bonds is 3. The third kappa shape index (κ3) is 2.33. The fourth-order valence-corrected chi connectivity index (χ4v) is 1.71. The highest BCUT2D eigenvalue weighted by Gasteiger charge is 2.30. The Balaban J connectivity index is 1.84. The molecular formula is C10H12ClNO3. The van der Waals surface area contributed by atoms with Crippen molar-refractivity contribution in [3.8, 4) is 0 Å². The van der Waals surface area contributed by atoms with Gasteiger partial charge in [0.05, 0.1) is 6.10 Å². The monoisotopic (exact) mass is 229 g/mol. The van der Waals surface area contributed by atoms with E-state index in [9.17, 15) is 4.79 Å². The molecule has 1 fully saturated rings. The summed E-state index contributed by atoms with van der Waals surface area (Å²) < 4.78 is 10.1. The first-order valence-electron chi connectivity index (χ1n) is 4.78. The van der Waals surface area contributed by atoms with Gasteiger partial charge in [-0.3, -0.25) is 4.79 Å². The van der Waals surface area contributed by atoms with Gasteiger partial charge >= 0.3 is 0 Å². The number of halogens is 1.